The van der Waals surface area contributed by atoms with Gasteiger partial charge in [0.2, 0.25) is 0 Å². The second-order valence-corrected chi connectivity index (χ2v) is 4.39. The van der Waals surface area contributed by atoms with Crippen LogP contribution < -0.4 is 16.6 Å². The van der Waals surface area contributed by atoms with Crippen LogP contribution >= 0.6 is 11.6 Å². The maximum atomic E-state index is 8.81. The Morgan fingerprint density at radius 1 is 1.30 bits per heavy atom. The van der Waals surface area contributed by atoms with E-state index in [1.165, 1.54) is 0 Å². The van der Waals surface area contributed by atoms with Crippen molar-refractivity contribution < 1.29 is 0 Å². The number of rotatable bonds is 4. The first-order chi connectivity index (χ1) is 9.66. The Morgan fingerprint density at radius 2 is 2.05 bits per heavy atom. The zero-order valence-electron chi connectivity index (χ0n) is 10.8. The summed E-state index contributed by atoms with van der Waals surface area (Å²) in [6.45, 7) is 1.95. The van der Waals surface area contributed by atoms with Crippen LogP contribution in [0.15, 0.2) is 24.3 Å². The smallest absolute Gasteiger partial charge is 0.145 e. The van der Waals surface area contributed by atoms with Crippen LogP contribution in [0.4, 0.5) is 17.3 Å². The molecule has 0 saturated heterocycles. The topological polar surface area (TPSA) is 99.6 Å². The summed E-state index contributed by atoms with van der Waals surface area (Å²) in [4.78, 5) is 8.54. The fraction of sp³-hybridized carbons (Fsp3) is 0.154. The predicted octanol–water partition coefficient (Wildman–Crippen LogP) is 2.59. The fourth-order valence-electron chi connectivity index (χ4n) is 1.62. The summed E-state index contributed by atoms with van der Waals surface area (Å²) in [5.41, 5.74) is 3.66. The number of hydrogen-bond donors (Lipinski definition) is 3. The standard InChI is InChI=1S/C13H13ClN6/c1-2-11-18-12(6-13(19-11)20-16)17-10-4-3-8(7-15)5-9(10)14/h3-6H,2,16H2,1H3,(H2,17,18,19,20). The maximum Gasteiger partial charge on any atom is 0.145 e. The van der Waals surface area contributed by atoms with E-state index in [0.29, 0.717) is 40.2 Å². The third-order valence-corrected chi connectivity index (χ3v) is 2.91. The summed E-state index contributed by atoms with van der Waals surface area (Å²) in [6.07, 6.45) is 0.686. The van der Waals surface area contributed by atoms with Crippen LogP contribution in [0.5, 0.6) is 0 Å². The molecule has 0 saturated carbocycles. The van der Waals surface area contributed by atoms with Crippen molar-refractivity contribution in [2.75, 3.05) is 10.7 Å². The molecule has 2 rings (SSSR count). The van der Waals surface area contributed by atoms with Crippen molar-refractivity contribution >= 4 is 28.9 Å². The summed E-state index contributed by atoms with van der Waals surface area (Å²) >= 11 is 6.11. The Balaban J connectivity index is 2.32. The van der Waals surface area contributed by atoms with E-state index in [1.54, 1.807) is 24.3 Å². The first kappa shape index (κ1) is 14.1. The van der Waals surface area contributed by atoms with Crippen LogP contribution in [0.25, 0.3) is 0 Å². The van der Waals surface area contributed by atoms with Gasteiger partial charge in [0, 0.05) is 12.5 Å². The van der Waals surface area contributed by atoms with Gasteiger partial charge in [0.15, 0.2) is 0 Å². The van der Waals surface area contributed by atoms with Gasteiger partial charge in [0.05, 0.1) is 22.3 Å². The van der Waals surface area contributed by atoms with Gasteiger partial charge in [0.25, 0.3) is 0 Å². The zero-order chi connectivity index (χ0) is 14.5. The van der Waals surface area contributed by atoms with Crippen LogP contribution in [0.3, 0.4) is 0 Å². The molecular weight excluding hydrogens is 276 g/mol. The van der Waals surface area contributed by atoms with Crippen molar-refractivity contribution in [1.29, 1.82) is 5.26 Å². The van der Waals surface area contributed by atoms with E-state index >= 15 is 0 Å². The number of benzene rings is 1. The summed E-state index contributed by atoms with van der Waals surface area (Å²) < 4.78 is 0. The second-order valence-electron chi connectivity index (χ2n) is 3.98. The average molecular weight is 289 g/mol. The van der Waals surface area contributed by atoms with Gasteiger partial charge in [-0.1, -0.05) is 18.5 Å². The first-order valence-electron chi connectivity index (χ1n) is 5.97. The minimum Gasteiger partial charge on any atom is -0.339 e. The predicted molar refractivity (Wildman–Crippen MR) is 78.7 cm³/mol. The highest BCUT2D eigenvalue weighted by molar-refractivity contribution is 6.33. The highest BCUT2D eigenvalue weighted by Gasteiger charge is 2.06. The van der Waals surface area contributed by atoms with Crippen molar-refractivity contribution in [3.63, 3.8) is 0 Å². The number of aryl methyl sites for hydroxylation is 1. The van der Waals surface area contributed by atoms with Crippen LogP contribution in [0.1, 0.15) is 18.3 Å². The van der Waals surface area contributed by atoms with Crippen LogP contribution in [-0.4, -0.2) is 9.97 Å². The van der Waals surface area contributed by atoms with Crippen molar-refractivity contribution in [2.24, 2.45) is 5.84 Å². The second kappa shape index (κ2) is 6.19. The number of hydrogen-bond acceptors (Lipinski definition) is 6. The normalized spacial score (nSPS) is 9.90. The largest absolute Gasteiger partial charge is 0.339 e. The lowest BCUT2D eigenvalue weighted by Crippen LogP contribution is -2.11. The molecule has 0 spiro atoms. The lowest BCUT2D eigenvalue weighted by molar-refractivity contribution is 0.941. The van der Waals surface area contributed by atoms with E-state index in [2.05, 4.69) is 20.7 Å². The fourth-order valence-corrected chi connectivity index (χ4v) is 1.85. The van der Waals surface area contributed by atoms with E-state index in [4.69, 9.17) is 22.7 Å². The Bertz CT molecular complexity index is 642. The lowest BCUT2D eigenvalue weighted by Gasteiger charge is -2.10. The molecule has 102 valence electrons. The van der Waals surface area contributed by atoms with Gasteiger partial charge < -0.3 is 10.7 Å². The molecule has 0 unspecified atom stereocenters. The minimum atomic E-state index is 0.447. The van der Waals surface area contributed by atoms with E-state index in [0.717, 1.165) is 0 Å². The Hall–Kier alpha value is -2.36. The zero-order valence-corrected chi connectivity index (χ0v) is 11.6. The van der Waals surface area contributed by atoms with Gasteiger partial charge in [-0.15, -0.1) is 0 Å². The SMILES string of the molecule is CCc1nc(NN)cc(Nc2ccc(C#N)cc2Cl)n1. The van der Waals surface area contributed by atoms with E-state index in [1.807, 2.05) is 13.0 Å². The number of hydrazine groups is 1. The Morgan fingerprint density at radius 3 is 2.65 bits per heavy atom. The molecule has 1 heterocycles. The summed E-state index contributed by atoms with van der Waals surface area (Å²) in [5.74, 6) is 7.13. The molecule has 4 N–H and O–H groups in total. The van der Waals surface area contributed by atoms with Gasteiger partial charge in [-0.25, -0.2) is 15.8 Å². The van der Waals surface area contributed by atoms with Gasteiger partial charge in [-0.2, -0.15) is 5.26 Å². The highest BCUT2D eigenvalue weighted by atomic mass is 35.5. The number of nitrogens with two attached hydrogens (primary N) is 1. The molecule has 0 aliphatic rings. The molecule has 0 amide bonds. The number of nitriles is 1. The highest BCUT2D eigenvalue weighted by Crippen LogP contribution is 2.26. The molecule has 0 aliphatic heterocycles. The van der Waals surface area contributed by atoms with E-state index in [-0.39, 0.29) is 0 Å². The quantitative estimate of drug-likeness (QED) is 0.591. The molecule has 0 aliphatic carbocycles. The van der Waals surface area contributed by atoms with Crippen LogP contribution in [-0.2, 0) is 6.42 Å². The van der Waals surface area contributed by atoms with Gasteiger partial charge in [-0.05, 0) is 18.2 Å². The van der Waals surface area contributed by atoms with Crippen LogP contribution in [0, 0.1) is 11.3 Å². The molecule has 7 heteroatoms. The molecule has 6 nitrogen and oxygen atoms in total. The van der Waals surface area contributed by atoms with Crippen molar-refractivity contribution in [3.05, 3.63) is 40.7 Å². The molecule has 1 aromatic carbocycles. The van der Waals surface area contributed by atoms with Crippen molar-refractivity contribution in [1.82, 2.24) is 9.97 Å². The third kappa shape index (κ3) is 3.15. The van der Waals surface area contributed by atoms with E-state index in [9.17, 15) is 0 Å². The van der Waals surface area contributed by atoms with Crippen molar-refractivity contribution in [2.45, 2.75) is 13.3 Å². The average Bonchev–Trinajstić information content (AvgIpc) is 2.48. The van der Waals surface area contributed by atoms with Gasteiger partial charge >= 0.3 is 0 Å². The molecule has 20 heavy (non-hydrogen) atoms. The molecule has 0 atom stereocenters. The number of nitrogens with zero attached hydrogens (tertiary/aromatic N) is 3. The number of nitrogens with one attached hydrogen (secondary N) is 2. The molecule has 0 bridgehead atoms. The number of aromatic nitrogens is 2. The minimum absolute atomic E-state index is 0.447. The number of halogens is 1. The summed E-state index contributed by atoms with van der Waals surface area (Å²) in [5, 5.41) is 12.3. The first-order valence-corrected chi connectivity index (χ1v) is 6.35. The summed E-state index contributed by atoms with van der Waals surface area (Å²) in [6, 6.07) is 8.70. The van der Waals surface area contributed by atoms with Gasteiger partial charge in [-0.3, -0.25) is 0 Å². The molecule has 0 fully saturated rings. The van der Waals surface area contributed by atoms with Crippen LogP contribution in [0.2, 0.25) is 5.02 Å². The summed E-state index contributed by atoms with van der Waals surface area (Å²) in [7, 11) is 0. The van der Waals surface area contributed by atoms with E-state index < -0.39 is 0 Å². The molecule has 1 aromatic heterocycles. The third-order valence-electron chi connectivity index (χ3n) is 2.60. The number of anilines is 3. The molecular formula is C13H13ClN6. The number of nitrogen functional groups attached to an aromatic ring is 1. The Kier molecular flexibility index (Phi) is 4.35. The lowest BCUT2D eigenvalue weighted by atomic mass is 10.2. The Labute approximate surface area is 121 Å². The van der Waals surface area contributed by atoms with Gasteiger partial charge in [0.1, 0.15) is 17.5 Å². The molecule has 2 aromatic rings. The molecule has 0 radical (unpaired) electrons. The van der Waals surface area contributed by atoms with Crippen molar-refractivity contribution in [3.8, 4) is 6.07 Å². The monoisotopic (exact) mass is 288 g/mol. The maximum absolute atomic E-state index is 8.81.